The van der Waals surface area contributed by atoms with E-state index in [2.05, 4.69) is 21.4 Å². The maximum atomic E-state index is 8.82. The van der Waals surface area contributed by atoms with E-state index in [0.29, 0.717) is 18.1 Å². The molecular weight excluding hydrogens is 252 g/mol. The van der Waals surface area contributed by atoms with Crippen molar-refractivity contribution in [2.75, 3.05) is 12.4 Å². The second-order valence-corrected chi connectivity index (χ2v) is 4.52. The topological polar surface area (TPSA) is 70.8 Å². The molecule has 2 aromatic rings. The van der Waals surface area contributed by atoms with E-state index in [1.807, 2.05) is 26.0 Å². The molecule has 0 amide bonds. The number of rotatable bonds is 4. The molecule has 1 N–H and O–H groups in total. The van der Waals surface area contributed by atoms with Crippen LogP contribution in [0, 0.1) is 25.2 Å². The molecule has 5 nitrogen and oxygen atoms in total. The summed E-state index contributed by atoms with van der Waals surface area (Å²) in [7, 11) is 1.66. The highest BCUT2D eigenvalue weighted by Crippen LogP contribution is 2.24. The van der Waals surface area contributed by atoms with Gasteiger partial charge in [0, 0.05) is 18.2 Å². The smallest absolute Gasteiger partial charge is 0.145 e. The molecule has 0 bridgehead atoms. The number of aryl methyl sites for hydroxylation is 2. The van der Waals surface area contributed by atoms with Crippen LogP contribution >= 0.6 is 0 Å². The number of hydrogen-bond donors (Lipinski definition) is 1. The minimum absolute atomic E-state index is 0.343. The fraction of sp³-hybridized carbons (Fsp3) is 0.267. The molecule has 1 heterocycles. The summed E-state index contributed by atoms with van der Waals surface area (Å²) in [4.78, 5) is 7.93. The van der Waals surface area contributed by atoms with Crippen LogP contribution in [-0.4, -0.2) is 17.1 Å². The van der Waals surface area contributed by atoms with Crippen LogP contribution in [0.15, 0.2) is 24.5 Å². The lowest BCUT2D eigenvalue weighted by Gasteiger charge is -2.14. The van der Waals surface area contributed by atoms with Crippen molar-refractivity contribution in [3.63, 3.8) is 0 Å². The van der Waals surface area contributed by atoms with E-state index in [1.165, 1.54) is 6.33 Å². The summed E-state index contributed by atoms with van der Waals surface area (Å²) in [5.74, 6) is 1.48. The molecule has 2 rings (SSSR count). The van der Waals surface area contributed by atoms with Gasteiger partial charge in [-0.1, -0.05) is 6.07 Å². The highest BCUT2D eigenvalue weighted by atomic mass is 16.5. The number of hydrogen-bond acceptors (Lipinski definition) is 5. The van der Waals surface area contributed by atoms with Crippen LogP contribution in [0.4, 0.5) is 5.82 Å². The monoisotopic (exact) mass is 268 g/mol. The van der Waals surface area contributed by atoms with Gasteiger partial charge in [0.05, 0.1) is 7.11 Å². The summed E-state index contributed by atoms with van der Waals surface area (Å²) in [6, 6.07) is 7.73. The Morgan fingerprint density at radius 1 is 1.25 bits per heavy atom. The Kier molecular flexibility index (Phi) is 4.16. The maximum Gasteiger partial charge on any atom is 0.145 e. The molecule has 0 fully saturated rings. The minimum atomic E-state index is 0.343. The zero-order valence-electron chi connectivity index (χ0n) is 11.8. The zero-order chi connectivity index (χ0) is 14.5. The van der Waals surface area contributed by atoms with Crippen molar-refractivity contribution < 1.29 is 4.74 Å². The Hall–Kier alpha value is -2.61. The molecule has 1 aromatic carbocycles. The second kappa shape index (κ2) is 6.02. The summed E-state index contributed by atoms with van der Waals surface area (Å²) in [5, 5.41) is 12.0. The maximum absolute atomic E-state index is 8.82. The predicted molar refractivity (Wildman–Crippen MR) is 76.5 cm³/mol. The average Bonchev–Trinajstić information content (AvgIpc) is 2.45. The number of benzene rings is 1. The van der Waals surface area contributed by atoms with E-state index in [-0.39, 0.29) is 0 Å². The van der Waals surface area contributed by atoms with Gasteiger partial charge in [-0.05, 0) is 31.0 Å². The van der Waals surface area contributed by atoms with Crippen LogP contribution in [0.5, 0.6) is 5.75 Å². The summed E-state index contributed by atoms with van der Waals surface area (Å²) in [6.45, 7) is 4.67. The van der Waals surface area contributed by atoms with E-state index < -0.39 is 0 Å². The van der Waals surface area contributed by atoms with Crippen molar-refractivity contribution in [3.05, 3.63) is 46.9 Å². The lowest BCUT2D eigenvalue weighted by molar-refractivity contribution is 0.409. The van der Waals surface area contributed by atoms with Gasteiger partial charge in [-0.25, -0.2) is 9.97 Å². The third kappa shape index (κ3) is 3.04. The summed E-state index contributed by atoms with van der Waals surface area (Å²) in [5.41, 5.74) is 3.74. The standard InChI is InChI=1S/C15H16N4O/c1-10-4-11(2)13(14(5-10)20-3)8-17-15-6-12(7-16)18-9-19-15/h4-6,9H,8H2,1-3H3,(H,17,18,19). The van der Waals surface area contributed by atoms with Gasteiger partial charge in [0.25, 0.3) is 0 Å². The molecule has 0 saturated carbocycles. The van der Waals surface area contributed by atoms with Crippen LogP contribution in [0.3, 0.4) is 0 Å². The van der Waals surface area contributed by atoms with E-state index >= 15 is 0 Å². The van der Waals surface area contributed by atoms with E-state index in [4.69, 9.17) is 10.00 Å². The third-order valence-corrected chi connectivity index (χ3v) is 3.02. The molecule has 20 heavy (non-hydrogen) atoms. The highest BCUT2D eigenvalue weighted by Gasteiger charge is 2.08. The van der Waals surface area contributed by atoms with Crippen LogP contribution in [0.25, 0.3) is 0 Å². The van der Waals surface area contributed by atoms with Crippen LogP contribution in [-0.2, 0) is 6.54 Å². The summed E-state index contributed by atoms with van der Waals surface area (Å²) >= 11 is 0. The van der Waals surface area contributed by atoms with Gasteiger partial charge < -0.3 is 10.1 Å². The Morgan fingerprint density at radius 2 is 2.05 bits per heavy atom. The van der Waals surface area contributed by atoms with Gasteiger partial charge in [0.2, 0.25) is 0 Å². The lowest BCUT2D eigenvalue weighted by atomic mass is 10.0. The predicted octanol–water partition coefficient (Wildman–Crippen LogP) is 2.59. The van der Waals surface area contributed by atoms with Crippen LogP contribution in [0.1, 0.15) is 22.4 Å². The molecule has 0 aliphatic carbocycles. The molecule has 102 valence electrons. The SMILES string of the molecule is COc1cc(C)cc(C)c1CNc1cc(C#N)ncn1. The van der Waals surface area contributed by atoms with E-state index in [9.17, 15) is 0 Å². The first kappa shape index (κ1) is 13.8. The Balaban J connectivity index is 2.20. The molecule has 0 aliphatic rings. The van der Waals surface area contributed by atoms with E-state index in [0.717, 1.165) is 22.4 Å². The molecule has 1 aromatic heterocycles. The number of nitrogens with one attached hydrogen (secondary N) is 1. The van der Waals surface area contributed by atoms with Crippen molar-refractivity contribution in [3.8, 4) is 11.8 Å². The normalized spacial score (nSPS) is 9.90. The highest BCUT2D eigenvalue weighted by molar-refractivity contribution is 5.46. The number of nitriles is 1. The summed E-state index contributed by atoms with van der Waals surface area (Å²) < 4.78 is 5.42. The van der Waals surface area contributed by atoms with Gasteiger partial charge in [-0.15, -0.1) is 0 Å². The molecule has 0 saturated heterocycles. The molecule has 0 radical (unpaired) electrons. The van der Waals surface area contributed by atoms with Gasteiger partial charge in [-0.3, -0.25) is 0 Å². The number of methoxy groups -OCH3 is 1. The van der Waals surface area contributed by atoms with Gasteiger partial charge in [0.15, 0.2) is 0 Å². The van der Waals surface area contributed by atoms with Gasteiger partial charge in [0.1, 0.15) is 29.7 Å². The van der Waals surface area contributed by atoms with Gasteiger partial charge >= 0.3 is 0 Å². The zero-order valence-corrected chi connectivity index (χ0v) is 11.8. The van der Waals surface area contributed by atoms with Crippen molar-refractivity contribution in [2.24, 2.45) is 0 Å². The fourth-order valence-electron chi connectivity index (χ4n) is 2.06. The lowest BCUT2D eigenvalue weighted by Crippen LogP contribution is -2.06. The summed E-state index contributed by atoms with van der Waals surface area (Å²) in [6.07, 6.45) is 1.38. The van der Waals surface area contributed by atoms with Crippen molar-refractivity contribution in [1.82, 2.24) is 9.97 Å². The number of anilines is 1. The first-order chi connectivity index (χ1) is 9.63. The van der Waals surface area contributed by atoms with Crippen molar-refractivity contribution in [2.45, 2.75) is 20.4 Å². The molecular formula is C15H16N4O. The Labute approximate surface area is 118 Å². The first-order valence-electron chi connectivity index (χ1n) is 6.24. The molecule has 0 aliphatic heterocycles. The Morgan fingerprint density at radius 3 is 2.75 bits per heavy atom. The number of nitrogens with zero attached hydrogens (tertiary/aromatic N) is 3. The molecule has 5 heteroatoms. The quantitative estimate of drug-likeness (QED) is 0.922. The molecule has 0 unspecified atom stereocenters. The van der Waals surface area contributed by atoms with Crippen LogP contribution < -0.4 is 10.1 Å². The largest absolute Gasteiger partial charge is 0.496 e. The third-order valence-electron chi connectivity index (χ3n) is 3.02. The Bertz CT molecular complexity index is 661. The first-order valence-corrected chi connectivity index (χ1v) is 6.24. The minimum Gasteiger partial charge on any atom is -0.496 e. The van der Waals surface area contributed by atoms with Crippen molar-refractivity contribution >= 4 is 5.82 Å². The second-order valence-electron chi connectivity index (χ2n) is 4.52. The molecule has 0 spiro atoms. The number of ether oxygens (including phenoxy) is 1. The van der Waals surface area contributed by atoms with Gasteiger partial charge in [-0.2, -0.15) is 5.26 Å². The van der Waals surface area contributed by atoms with E-state index in [1.54, 1.807) is 13.2 Å². The van der Waals surface area contributed by atoms with Crippen LogP contribution in [0.2, 0.25) is 0 Å². The molecule has 0 atom stereocenters. The fourth-order valence-corrected chi connectivity index (χ4v) is 2.06. The number of aromatic nitrogens is 2. The average molecular weight is 268 g/mol. The van der Waals surface area contributed by atoms with Crippen molar-refractivity contribution in [1.29, 1.82) is 5.26 Å².